The van der Waals surface area contributed by atoms with Crippen molar-refractivity contribution in [2.75, 3.05) is 7.11 Å². The predicted octanol–water partition coefficient (Wildman–Crippen LogP) is 3.07. The fourth-order valence-corrected chi connectivity index (χ4v) is 4.54. The van der Waals surface area contributed by atoms with E-state index in [1.54, 1.807) is 14.0 Å². The number of rotatable bonds is 3. The Balaban J connectivity index is 2.32. The van der Waals surface area contributed by atoms with Crippen LogP contribution in [-0.2, 0) is 9.53 Å². The van der Waals surface area contributed by atoms with Gasteiger partial charge in [-0.1, -0.05) is 26.0 Å². The van der Waals surface area contributed by atoms with Gasteiger partial charge in [0.1, 0.15) is 5.78 Å². The minimum Gasteiger partial charge on any atom is -0.381 e. The Morgan fingerprint density at radius 1 is 1.35 bits per heavy atom. The van der Waals surface area contributed by atoms with Gasteiger partial charge in [0.15, 0.2) is 0 Å². The molecule has 0 bridgehead atoms. The summed E-state index contributed by atoms with van der Waals surface area (Å²) in [6.07, 6.45) is 1.38. The summed E-state index contributed by atoms with van der Waals surface area (Å²) < 4.78 is 5.62. The van der Waals surface area contributed by atoms with Crippen molar-refractivity contribution in [3.05, 3.63) is 12.2 Å². The normalized spacial score (nSPS) is 42.8. The van der Waals surface area contributed by atoms with Gasteiger partial charge in [0.2, 0.25) is 0 Å². The molecule has 0 aromatic carbocycles. The van der Waals surface area contributed by atoms with Crippen molar-refractivity contribution < 1.29 is 9.53 Å². The van der Waals surface area contributed by atoms with Crippen LogP contribution in [0, 0.1) is 29.1 Å². The van der Waals surface area contributed by atoms with Crippen LogP contribution in [0.4, 0.5) is 0 Å². The monoisotopic (exact) mass is 236 g/mol. The summed E-state index contributed by atoms with van der Waals surface area (Å²) in [6, 6.07) is 0. The van der Waals surface area contributed by atoms with Gasteiger partial charge in [-0.25, -0.2) is 0 Å². The lowest BCUT2D eigenvalue weighted by molar-refractivity contribution is -0.136. The van der Waals surface area contributed by atoms with E-state index in [1.165, 1.54) is 5.57 Å². The molecule has 0 heterocycles. The lowest BCUT2D eigenvalue weighted by atomic mass is 9.58. The molecule has 2 aliphatic carbocycles. The average molecular weight is 236 g/mol. The summed E-state index contributed by atoms with van der Waals surface area (Å²) in [7, 11) is 1.78. The molecule has 2 aliphatic rings. The van der Waals surface area contributed by atoms with Gasteiger partial charge in [0, 0.05) is 18.9 Å². The molecule has 2 heteroatoms. The van der Waals surface area contributed by atoms with Gasteiger partial charge < -0.3 is 4.74 Å². The fourth-order valence-electron chi connectivity index (χ4n) is 4.54. The van der Waals surface area contributed by atoms with Crippen LogP contribution in [0.5, 0.6) is 0 Å². The lowest BCUT2D eigenvalue weighted by Crippen LogP contribution is -2.53. The SMILES string of the molecule is C=C(C)[C@H]1C2C(CC(C)(C)C2C(C)=O)[C@H]1OC. The van der Waals surface area contributed by atoms with Gasteiger partial charge in [-0.3, -0.25) is 4.79 Å². The fraction of sp³-hybridized carbons (Fsp3) is 0.800. The van der Waals surface area contributed by atoms with E-state index in [1.807, 2.05) is 0 Å². The first-order valence-corrected chi connectivity index (χ1v) is 6.50. The molecule has 2 nitrogen and oxygen atoms in total. The van der Waals surface area contributed by atoms with Gasteiger partial charge in [-0.15, -0.1) is 0 Å². The number of ether oxygens (including phenoxy) is 1. The maximum Gasteiger partial charge on any atom is 0.133 e. The Bertz CT molecular complexity index is 356. The molecule has 5 atom stereocenters. The van der Waals surface area contributed by atoms with Crippen LogP contribution in [-0.4, -0.2) is 19.0 Å². The van der Waals surface area contributed by atoms with Gasteiger partial charge in [-0.05, 0) is 37.5 Å². The van der Waals surface area contributed by atoms with Crippen LogP contribution in [0.2, 0.25) is 0 Å². The average Bonchev–Trinajstić information content (AvgIpc) is 2.38. The van der Waals surface area contributed by atoms with Crippen molar-refractivity contribution in [3.8, 4) is 0 Å². The van der Waals surface area contributed by atoms with Crippen molar-refractivity contribution in [1.29, 1.82) is 0 Å². The second-order valence-corrected chi connectivity index (χ2v) is 6.59. The van der Waals surface area contributed by atoms with Crippen LogP contribution >= 0.6 is 0 Å². The molecule has 2 rings (SSSR count). The summed E-state index contributed by atoms with van der Waals surface area (Å²) in [4.78, 5) is 11.9. The molecule has 0 radical (unpaired) electrons. The van der Waals surface area contributed by atoms with E-state index in [2.05, 4.69) is 27.4 Å². The summed E-state index contributed by atoms with van der Waals surface area (Å²) in [5.41, 5.74) is 1.28. The number of fused-ring (bicyclic) bond motifs is 1. The lowest BCUT2D eigenvalue weighted by Gasteiger charge is -2.50. The van der Waals surface area contributed by atoms with Crippen LogP contribution in [0.15, 0.2) is 12.2 Å². The molecular weight excluding hydrogens is 212 g/mol. The highest BCUT2D eigenvalue weighted by atomic mass is 16.5. The number of Topliss-reactive ketones (excluding diaryl/α,β-unsaturated/α-hetero) is 1. The number of carbonyl (C=O) groups excluding carboxylic acids is 1. The van der Waals surface area contributed by atoms with Gasteiger partial charge in [0.25, 0.3) is 0 Å². The second kappa shape index (κ2) is 3.94. The summed E-state index contributed by atoms with van der Waals surface area (Å²) in [5, 5.41) is 0. The minimum absolute atomic E-state index is 0.113. The molecule has 0 aliphatic heterocycles. The molecule has 3 unspecified atom stereocenters. The quantitative estimate of drug-likeness (QED) is 0.704. The van der Waals surface area contributed by atoms with Crippen molar-refractivity contribution in [2.24, 2.45) is 29.1 Å². The maximum atomic E-state index is 11.9. The van der Waals surface area contributed by atoms with Crippen LogP contribution in [0.3, 0.4) is 0 Å². The van der Waals surface area contributed by atoms with Crippen molar-refractivity contribution >= 4 is 5.78 Å². The standard InChI is InChI=1S/C15H24O2/c1-8(2)11-12-10(14(11)17-6)7-15(4,5)13(12)9(3)16/h10-14H,1,7H2,2-6H3/t10?,11-,12?,13?,14+/m0/s1. The molecule has 96 valence electrons. The van der Waals surface area contributed by atoms with Crippen LogP contribution < -0.4 is 0 Å². The van der Waals surface area contributed by atoms with Crippen molar-refractivity contribution in [1.82, 2.24) is 0 Å². The Morgan fingerprint density at radius 3 is 2.35 bits per heavy atom. The molecule has 0 saturated heterocycles. The third-order valence-corrected chi connectivity index (χ3v) is 4.95. The highest BCUT2D eigenvalue weighted by molar-refractivity contribution is 5.80. The molecule has 0 amide bonds. The van der Waals surface area contributed by atoms with Gasteiger partial charge in [-0.2, -0.15) is 0 Å². The molecule has 0 aromatic rings. The minimum atomic E-state index is 0.113. The molecule has 17 heavy (non-hydrogen) atoms. The van der Waals surface area contributed by atoms with Gasteiger partial charge in [0.05, 0.1) is 6.10 Å². The largest absolute Gasteiger partial charge is 0.381 e. The summed E-state index contributed by atoms with van der Waals surface area (Å²) in [5.74, 6) is 1.90. The van der Waals surface area contributed by atoms with Crippen molar-refractivity contribution in [3.63, 3.8) is 0 Å². The van der Waals surface area contributed by atoms with E-state index in [4.69, 9.17) is 4.74 Å². The van der Waals surface area contributed by atoms with E-state index in [-0.39, 0.29) is 17.4 Å². The van der Waals surface area contributed by atoms with Gasteiger partial charge >= 0.3 is 0 Å². The zero-order chi connectivity index (χ0) is 13.0. The first kappa shape index (κ1) is 12.8. The first-order valence-electron chi connectivity index (χ1n) is 6.50. The Hall–Kier alpha value is -0.630. The Morgan fingerprint density at radius 2 is 1.94 bits per heavy atom. The molecule has 0 N–H and O–H groups in total. The molecule has 0 aromatic heterocycles. The highest BCUT2D eigenvalue weighted by Gasteiger charge is 2.63. The van der Waals surface area contributed by atoms with E-state index >= 15 is 0 Å². The number of ketones is 1. The van der Waals surface area contributed by atoms with E-state index < -0.39 is 0 Å². The zero-order valence-electron chi connectivity index (χ0n) is 11.6. The van der Waals surface area contributed by atoms with E-state index in [0.29, 0.717) is 23.5 Å². The first-order chi connectivity index (χ1) is 7.81. The number of carbonyl (C=O) groups is 1. The second-order valence-electron chi connectivity index (χ2n) is 6.59. The Kier molecular flexibility index (Phi) is 2.97. The third kappa shape index (κ3) is 1.69. The molecular formula is C15H24O2. The smallest absolute Gasteiger partial charge is 0.133 e. The maximum absolute atomic E-state index is 11.9. The predicted molar refractivity (Wildman–Crippen MR) is 68.7 cm³/mol. The highest BCUT2D eigenvalue weighted by Crippen LogP contribution is 2.63. The molecule has 2 saturated carbocycles. The summed E-state index contributed by atoms with van der Waals surface area (Å²) in [6.45, 7) is 12.3. The number of hydrogen-bond donors (Lipinski definition) is 0. The van der Waals surface area contributed by atoms with E-state index in [9.17, 15) is 4.79 Å². The van der Waals surface area contributed by atoms with Crippen LogP contribution in [0.25, 0.3) is 0 Å². The third-order valence-electron chi connectivity index (χ3n) is 4.95. The number of methoxy groups -OCH3 is 1. The van der Waals surface area contributed by atoms with E-state index in [0.717, 1.165) is 6.42 Å². The number of hydrogen-bond acceptors (Lipinski definition) is 2. The Labute approximate surface area is 104 Å². The summed E-state index contributed by atoms with van der Waals surface area (Å²) >= 11 is 0. The molecule has 0 spiro atoms. The topological polar surface area (TPSA) is 26.3 Å². The molecule has 2 fully saturated rings. The van der Waals surface area contributed by atoms with Crippen molar-refractivity contribution in [2.45, 2.75) is 40.2 Å². The van der Waals surface area contributed by atoms with Crippen LogP contribution in [0.1, 0.15) is 34.1 Å². The zero-order valence-corrected chi connectivity index (χ0v) is 11.6.